The molecular weight excluding hydrogens is 472 g/mol. The van der Waals surface area contributed by atoms with Gasteiger partial charge in [0.05, 0.1) is 20.4 Å². The van der Waals surface area contributed by atoms with Crippen molar-refractivity contribution in [2.45, 2.75) is 44.2 Å². The van der Waals surface area contributed by atoms with E-state index in [1.165, 1.54) is 42.5 Å². The summed E-state index contributed by atoms with van der Waals surface area (Å²) in [7, 11) is -4.30. The molecule has 0 aliphatic heterocycles. The van der Waals surface area contributed by atoms with E-state index in [0.29, 0.717) is 5.69 Å². The van der Waals surface area contributed by atoms with Crippen LogP contribution in [0.1, 0.15) is 33.3 Å². The minimum Gasteiger partial charge on any atom is -0.365 e. The van der Waals surface area contributed by atoms with Gasteiger partial charge in [0.15, 0.2) is 0 Å². The molecule has 0 heterocycles. The standard InChI is InChI=1S/C24H26N4O6S/c1-17(25-19-10-8-18(9-11-19)24(2,3)4)26(20-12-14-21(15-13-20)27(29)30)35(33,34)23-7-5-6-22(16-23)28(31)32/h5-17,25H,1-4H3. The molecule has 0 aliphatic carbocycles. The largest absolute Gasteiger partial charge is 0.365 e. The van der Waals surface area contributed by atoms with Crippen LogP contribution >= 0.6 is 0 Å². The van der Waals surface area contributed by atoms with Gasteiger partial charge in [-0.05, 0) is 48.2 Å². The van der Waals surface area contributed by atoms with Crippen molar-refractivity contribution in [2.24, 2.45) is 0 Å². The molecule has 0 aliphatic rings. The third-order valence-corrected chi connectivity index (χ3v) is 7.27. The Hall–Kier alpha value is -3.99. The van der Waals surface area contributed by atoms with Gasteiger partial charge in [-0.2, -0.15) is 0 Å². The molecule has 0 bridgehead atoms. The molecule has 0 spiro atoms. The lowest BCUT2D eigenvalue weighted by molar-refractivity contribution is -0.385. The van der Waals surface area contributed by atoms with Crippen molar-refractivity contribution < 1.29 is 18.3 Å². The average Bonchev–Trinajstić information content (AvgIpc) is 2.79. The van der Waals surface area contributed by atoms with E-state index in [9.17, 15) is 28.6 Å². The van der Waals surface area contributed by atoms with Crippen LogP contribution in [0.4, 0.5) is 22.7 Å². The Morgan fingerprint density at radius 1 is 0.857 bits per heavy atom. The van der Waals surface area contributed by atoms with Gasteiger partial charge in [-0.15, -0.1) is 0 Å². The first kappa shape index (κ1) is 25.6. The van der Waals surface area contributed by atoms with E-state index in [-0.39, 0.29) is 27.4 Å². The van der Waals surface area contributed by atoms with Crippen LogP contribution in [-0.2, 0) is 15.4 Å². The van der Waals surface area contributed by atoms with Crippen LogP contribution in [0.15, 0.2) is 77.7 Å². The summed E-state index contributed by atoms with van der Waals surface area (Å²) in [5.41, 5.74) is 1.31. The van der Waals surface area contributed by atoms with Crippen molar-refractivity contribution in [1.82, 2.24) is 0 Å². The molecule has 0 amide bonds. The molecule has 0 radical (unpaired) electrons. The van der Waals surface area contributed by atoms with Crippen LogP contribution in [-0.4, -0.2) is 24.4 Å². The third kappa shape index (κ3) is 5.75. The van der Waals surface area contributed by atoms with Gasteiger partial charge >= 0.3 is 0 Å². The van der Waals surface area contributed by atoms with Crippen molar-refractivity contribution in [3.05, 3.63) is 98.6 Å². The van der Waals surface area contributed by atoms with Crippen molar-refractivity contribution in [3.63, 3.8) is 0 Å². The van der Waals surface area contributed by atoms with Gasteiger partial charge in [-0.3, -0.25) is 20.2 Å². The number of nitro groups is 2. The summed E-state index contributed by atoms with van der Waals surface area (Å²) in [6.07, 6.45) is -0.846. The topological polar surface area (TPSA) is 136 Å². The summed E-state index contributed by atoms with van der Waals surface area (Å²) < 4.78 is 28.4. The van der Waals surface area contributed by atoms with Crippen molar-refractivity contribution in [1.29, 1.82) is 0 Å². The average molecular weight is 499 g/mol. The minimum atomic E-state index is -4.30. The number of hydrogen-bond donors (Lipinski definition) is 1. The summed E-state index contributed by atoms with van der Waals surface area (Å²) >= 11 is 0. The second-order valence-electron chi connectivity index (χ2n) is 8.98. The Bertz CT molecular complexity index is 1330. The number of non-ortho nitro benzene ring substituents is 2. The van der Waals surface area contributed by atoms with Crippen LogP contribution < -0.4 is 9.62 Å². The first-order valence-corrected chi connectivity index (χ1v) is 12.1. The van der Waals surface area contributed by atoms with Gasteiger partial charge in [0.2, 0.25) is 0 Å². The second-order valence-corrected chi connectivity index (χ2v) is 10.8. The number of nitrogens with zero attached hydrogens (tertiary/aromatic N) is 3. The van der Waals surface area contributed by atoms with Gasteiger partial charge < -0.3 is 5.32 Å². The highest BCUT2D eigenvalue weighted by Gasteiger charge is 2.31. The Morgan fingerprint density at radius 3 is 1.94 bits per heavy atom. The molecule has 1 unspecified atom stereocenters. The molecule has 1 N–H and O–H groups in total. The number of rotatable bonds is 8. The fraction of sp³-hybridized carbons (Fsp3) is 0.250. The highest BCUT2D eigenvalue weighted by molar-refractivity contribution is 7.92. The van der Waals surface area contributed by atoms with Gasteiger partial charge in [0.25, 0.3) is 21.4 Å². The molecule has 10 nitrogen and oxygen atoms in total. The van der Waals surface area contributed by atoms with Crippen molar-refractivity contribution >= 4 is 32.8 Å². The lowest BCUT2D eigenvalue weighted by Gasteiger charge is -2.31. The molecule has 3 rings (SSSR count). The monoisotopic (exact) mass is 498 g/mol. The maximum absolute atomic E-state index is 13.7. The Balaban J connectivity index is 2.05. The van der Waals surface area contributed by atoms with E-state index < -0.39 is 26.0 Å². The number of hydrogen-bond acceptors (Lipinski definition) is 7. The molecule has 0 aromatic heterocycles. The normalized spacial score (nSPS) is 12.6. The zero-order valence-electron chi connectivity index (χ0n) is 19.7. The van der Waals surface area contributed by atoms with Crippen LogP contribution in [0.3, 0.4) is 0 Å². The zero-order valence-corrected chi connectivity index (χ0v) is 20.5. The van der Waals surface area contributed by atoms with Crippen molar-refractivity contribution in [2.75, 3.05) is 9.62 Å². The fourth-order valence-electron chi connectivity index (χ4n) is 3.53. The molecule has 184 valence electrons. The first-order valence-electron chi connectivity index (χ1n) is 10.7. The van der Waals surface area contributed by atoms with Crippen LogP contribution in [0.5, 0.6) is 0 Å². The van der Waals surface area contributed by atoms with Gasteiger partial charge in [0, 0.05) is 30.0 Å². The maximum Gasteiger partial charge on any atom is 0.270 e. The fourth-order valence-corrected chi connectivity index (χ4v) is 5.14. The highest BCUT2D eigenvalue weighted by atomic mass is 32.2. The number of nitro benzene ring substituents is 2. The number of sulfonamides is 1. The summed E-state index contributed by atoms with van der Waals surface area (Å²) in [6, 6.07) is 17.4. The Labute approximate surface area is 203 Å². The van der Waals surface area contributed by atoms with Crippen LogP contribution in [0.2, 0.25) is 0 Å². The molecular formula is C24H26N4O6S. The maximum atomic E-state index is 13.7. The number of anilines is 2. The van der Waals surface area contributed by atoms with Gasteiger partial charge in [-0.25, -0.2) is 12.7 Å². The molecule has 0 fully saturated rings. The summed E-state index contributed by atoms with van der Waals surface area (Å²) in [6.45, 7) is 7.87. The predicted octanol–water partition coefficient (Wildman–Crippen LogP) is 5.45. The lowest BCUT2D eigenvalue weighted by atomic mass is 9.87. The molecule has 0 saturated heterocycles. The third-order valence-electron chi connectivity index (χ3n) is 5.38. The first-order chi connectivity index (χ1) is 16.3. The lowest BCUT2D eigenvalue weighted by Crippen LogP contribution is -2.43. The summed E-state index contributed by atoms with van der Waals surface area (Å²) in [5.74, 6) is 0. The summed E-state index contributed by atoms with van der Waals surface area (Å²) in [4.78, 5) is 20.8. The van der Waals surface area contributed by atoms with E-state index in [1.54, 1.807) is 6.92 Å². The number of benzene rings is 3. The van der Waals surface area contributed by atoms with E-state index in [1.807, 2.05) is 24.3 Å². The molecule has 11 heteroatoms. The van der Waals surface area contributed by atoms with E-state index >= 15 is 0 Å². The second kappa shape index (κ2) is 9.71. The number of nitrogens with one attached hydrogen (secondary N) is 1. The SMILES string of the molecule is CC(Nc1ccc(C(C)(C)C)cc1)N(c1ccc([N+](=O)[O-])cc1)S(=O)(=O)c1cccc([N+](=O)[O-])c1. The van der Waals surface area contributed by atoms with E-state index in [0.717, 1.165) is 15.9 Å². The molecule has 3 aromatic rings. The highest BCUT2D eigenvalue weighted by Crippen LogP contribution is 2.30. The van der Waals surface area contributed by atoms with Crippen molar-refractivity contribution in [3.8, 4) is 0 Å². The Morgan fingerprint density at radius 2 is 1.43 bits per heavy atom. The molecule has 3 aromatic carbocycles. The van der Waals surface area contributed by atoms with E-state index in [2.05, 4.69) is 26.1 Å². The van der Waals surface area contributed by atoms with Crippen LogP contribution in [0.25, 0.3) is 0 Å². The van der Waals surface area contributed by atoms with Gasteiger partial charge in [0.1, 0.15) is 6.17 Å². The van der Waals surface area contributed by atoms with E-state index in [4.69, 9.17) is 0 Å². The predicted molar refractivity (Wildman–Crippen MR) is 134 cm³/mol. The molecule has 1 atom stereocenters. The smallest absolute Gasteiger partial charge is 0.270 e. The van der Waals surface area contributed by atoms with Gasteiger partial charge in [-0.1, -0.05) is 39.0 Å². The zero-order chi connectivity index (χ0) is 26.0. The minimum absolute atomic E-state index is 0.0553. The molecule has 0 saturated carbocycles. The quantitative estimate of drug-likeness (QED) is 0.248. The molecule has 35 heavy (non-hydrogen) atoms. The Kier molecular flexibility index (Phi) is 7.11. The van der Waals surface area contributed by atoms with Crippen LogP contribution in [0, 0.1) is 20.2 Å². The summed E-state index contributed by atoms with van der Waals surface area (Å²) in [5, 5.41) is 25.4.